The van der Waals surface area contributed by atoms with Crippen molar-refractivity contribution in [1.29, 1.82) is 0 Å². The quantitative estimate of drug-likeness (QED) is 0.813. The van der Waals surface area contributed by atoms with Crippen LogP contribution in [0.3, 0.4) is 0 Å². The Kier molecular flexibility index (Phi) is 6.76. The van der Waals surface area contributed by atoms with E-state index in [0.717, 1.165) is 32.2 Å². The maximum Gasteiger partial charge on any atom is 0.410 e. The summed E-state index contributed by atoms with van der Waals surface area (Å²) in [4.78, 5) is 13.8. The maximum atomic E-state index is 12.0. The molecule has 5 nitrogen and oxygen atoms in total. The number of hydrogen-bond acceptors (Lipinski definition) is 4. The van der Waals surface area contributed by atoms with E-state index in [1.807, 2.05) is 20.8 Å². The molecule has 5 heteroatoms. The number of aliphatic hydroxyl groups is 1. The number of nitrogens with zero attached hydrogens (tertiary/aromatic N) is 1. The number of carbonyl (C=O) groups is 1. The number of ether oxygens (including phenoxy) is 1. The van der Waals surface area contributed by atoms with Crippen LogP contribution in [-0.2, 0) is 4.74 Å². The number of hydrogen-bond donors (Lipinski definition) is 2. The van der Waals surface area contributed by atoms with Crippen LogP contribution >= 0.6 is 0 Å². The second-order valence-corrected chi connectivity index (χ2v) is 6.62. The van der Waals surface area contributed by atoms with Crippen molar-refractivity contribution in [1.82, 2.24) is 10.2 Å². The third-order valence-corrected chi connectivity index (χ3v) is 3.34. The third kappa shape index (κ3) is 6.57. The fraction of sp³-hybridized carbons (Fsp3) is 0.933. The van der Waals surface area contributed by atoms with E-state index in [4.69, 9.17) is 4.74 Å². The number of nitrogens with one attached hydrogen (secondary N) is 1. The average molecular weight is 286 g/mol. The summed E-state index contributed by atoms with van der Waals surface area (Å²) in [6.45, 7) is 9.72. The monoisotopic (exact) mass is 286 g/mol. The van der Waals surface area contributed by atoms with Crippen LogP contribution in [0.2, 0.25) is 0 Å². The van der Waals surface area contributed by atoms with Crippen molar-refractivity contribution >= 4 is 6.09 Å². The molecule has 0 bridgehead atoms. The first-order valence-electron chi connectivity index (χ1n) is 7.71. The van der Waals surface area contributed by atoms with E-state index in [2.05, 4.69) is 12.2 Å². The summed E-state index contributed by atoms with van der Waals surface area (Å²) >= 11 is 0. The minimum Gasteiger partial charge on any atom is -0.444 e. The van der Waals surface area contributed by atoms with Gasteiger partial charge in [-0.2, -0.15) is 0 Å². The predicted molar refractivity (Wildman–Crippen MR) is 79.7 cm³/mol. The SMILES string of the molecule is CCCC(O)CNC1CCCN(C(=O)OC(C)(C)C)C1. The Bertz CT molecular complexity index is 302. The molecule has 20 heavy (non-hydrogen) atoms. The van der Waals surface area contributed by atoms with Crippen LogP contribution in [0, 0.1) is 0 Å². The van der Waals surface area contributed by atoms with Gasteiger partial charge in [-0.25, -0.2) is 4.79 Å². The van der Waals surface area contributed by atoms with Gasteiger partial charge in [-0.05, 0) is 40.0 Å². The molecule has 0 aromatic carbocycles. The van der Waals surface area contributed by atoms with E-state index in [1.165, 1.54) is 0 Å². The first kappa shape index (κ1) is 17.2. The van der Waals surface area contributed by atoms with Crippen LogP contribution in [0.5, 0.6) is 0 Å². The molecule has 2 atom stereocenters. The molecule has 1 heterocycles. The van der Waals surface area contributed by atoms with Crippen LogP contribution in [0.4, 0.5) is 4.79 Å². The van der Waals surface area contributed by atoms with Gasteiger partial charge < -0.3 is 20.1 Å². The van der Waals surface area contributed by atoms with Crippen molar-refractivity contribution in [3.63, 3.8) is 0 Å². The van der Waals surface area contributed by atoms with Crippen LogP contribution in [-0.4, -0.2) is 53.5 Å². The van der Waals surface area contributed by atoms with Crippen molar-refractivity contribution < 1.29 is 14.6 Å². The summed E-state index contributed by atoms with van der Waals surface area (Å²) in [5.41, 5.74) is -0.450. The molecule has 2 N–H and O–H groups in total. The van der Waals surface area contributed by atoms with Crippen molar-refractivity contribution in [3.8, 4) is 0 Å². The third-order valence-electron chi connectivity index (χ3n) is 3.34. The summed E-state index contributed by atoms with van der Waals surface area (Å²) in [7, 11) is 0. The molecule has 1 aliphatic heterocycles. The van der Waals surface area contributed by atoms with Crippen molar-refractivity contribution in [2.24, 2.45) is 0 Å². The van der Waals surface area contributed by atoms with Gasteiger partial charge in [0.2, 0.25) is 0 Å². The van der Waals surface area contributed by atoms with Gasteiger partial charge in [0.1, 0.15) is 5.60 Å². The van der Waals surface area contributed by atoms with Crippen molar-refractivity contribution in [3.05, 3.63) is 0 Å². The lowest BCUT2D eigenvalue weighted by atomic mass is 10.1. The average Bonchev–Trinajstić information content (AvgIpc) is 2.35. The lowest BCUT2D eigenvalue weighted by Gasteiger charge is -2.34. The molecule has 2 unspecified atom stereocenters. The van der Waals surface area contributed by atoms with Gasteiger partial charge in [0.15, 0.2) is 0 Å². The molecule has 1 amide bonds. The molecule has 0 saturated carbocycles. The van der Waals surface area contributed by atoms with Crippen molar-refractivity contribution in [2.75, 3.05) is 19.6 Å². The smallest absolute Gasteiger partial charge is 0.410 e. The Morgan fingerprint density at radius 3 is 2.80 bits per heavy atom. The van der Waals surface area contributed by atoms with E-state index >= 15 is 0 Å². The van der Waals surface area contributed by atoms with E-state index in [9.17, 15) is 9.90 Å². The molecular weight excluding hydrogens is 256 g/mol. The van der Waals surface area contributed by atoms with E-state index < -0.39 is 5.60 Å². The van der Waals surface area contributed by atoms with Crippen LogP contribution in [0.1, 0.15) is 53.4 Å². The Labute approximate surface area is 122 Å². The summed E-state index contributed by atoms with van der Waals surface area (Å²) in [5.74, 6) is 0. The molecule has 0 aromatic heterocycles. The highest BCUT2D eigenvalue weighted by Gasteiger charge is 2.27. The molecular formula is C15H30N2O3. The zero-order valence-corrected chi connectivity index (χ0v) is 13.3. The highest BCUT2D eigenvalue weighted by molar-refractivity contribution is 5.68. The fourth-order valence-electron chi connectivity index (χ4n) is 2.37. The van der Waals surface area contributed by atoms with Crippen LogP contribution < -0.4 is 5.32 Å². The van der Waals surface area contributed by atoms with Gasteiger partial charge in [0.05, 0.1) is 6.10 Å². The Morgan fingerprint density at radius 1 is 1.50 bits per heavy atom. The Morgan fingerprint density at radius 2 is 2.20 bits per heavy atom. The summed E-state index contributed by atoms with van der Waals surface area (Å²) in [6.07, 6.45) is 3.28. The predicted octanol–water partition coefficient (Wildman–Crippen LogP) is 2.14. The molecule has 0 spiro atoms. The molecule has 0 radical (unpaired) electrons. The number of carbonyl (C=O) groups excluding carboxylic acids is 1. The topological polar surface area (TPSA) is 61.8 Å². The fourth-order valence-corrected chi connectivity index (χ4v) is 2.37. The number of amides is 1. The summed E-state index contributed by atoms with van der Waals surface area (Å²) in [6, 6.07) is 0.253. The Hall–Kier alpha value is -0.810. The summed E-state index contributed by atoms with van der Waals surface area (Å²) < 4.78 is 5.40. The lowest BCUT2D eigenvalue weighted by Crippen LogP contribution is -2.50. The highest BCUT2D eigenvalue weighted by Crippen LogP contribution is 2.15. The lowest BCUT2D eigenvalue weighted by molar-refractivity contribution is 0.0183. The highest BCUT2D eigenvalue weighted by atomic mass is 16.6. The number of piperidine rings is 1. The second-order valence-electron chi connectivity index (χ2n) is 6.62. The van der Waals surface area contributed by atoms with E-state index in [1.54, 1.807) is 4.90 Å². The first-order valence-corrected chi connectivity index (χ1v) is 7.71. The normalized spacial score (nSPS) is 21.6. The Balaban J connectivity index is 2.36. The minimum absolute atomic E-state index is 0.238. The largest absolute Gasteiger partial charge is 0.444 e. The van der Waals surface area contributed by atoms with Gasteiger partial charge in [-0.1, -0.05) is 13.3 Å². The van der Waals surface area contributed by atoms with Gasteiger partial charge in [0, 0.05) is 25.7 Å². The molecule has 0 aromatic rings. The van der Waals surface area contributed by atoms with Gasteiger partial charge in [-0.15, -0.1) is 0 Å². The molecule has 1 rings (SSSR count). The van der Waals surface area contributed by atoms with E-state index in [0.29, 0.717) is 13.1 Å². The number of aliphatic hydroxyl groups excluding tert-OH is 1. The zero-order valence-electron chi connectivity index (χ0n) is 13.3. The van der Waals surface area contributed by atoms with Crippen LogP contribution in [0.15, 0.2) is 0 Å². The molecule has 1 fully saturated rings. The zero-order chi connectivity index (χ0) is 15.2. The number of likely N-dealkylation sites (tertiary alicyclic amines) is 1. The standard InChI is InChI=1S/C15H30N2O3/c1-5-7-13(18)10-16-12-8-6-9-17(11-12)14(19)20-15(2,3)4/h12-13,16,18H,5-11H2,1-4H3. The summed E-state index contributed by atoms with van der Waals surface area (Å²) in [5, 5.41) is 13.1. The van der Waals surface area contributed by atoms with Crippen molar-refractivity contribution in [2.45, 2.75) is 71.1 Å². The molecule has 1 saturated heterocycles. The van der Waals surface area contributed by atoms with Crippen LogP contribution in [0.25, 0.3) is 0 Å². The minimum atomic E-state index is -0.450. The first-order chi connectivity index (χ1) is 9.31. The molecule has 0 aliphatic carbocycles. The molecule has 118 valence electrons. The maximum absolute atomic E-state index is 12.0. The van der Waals surface area contributed by atoms with Gasteiger partial charge in [0.25, 0.3) is 0 Å². The second kappa shape index (κ2) is 7.84. The van der Waals surface area contributed by atoms with Gasteiger partial charge >= 0.3 is 6.09 Å². The number of rotatable bonds is 5. The molecule has 1 aliphatic rings. The van der Waals surface area contributed by atoms with E-state index in [-0.39, 0.29) is 18.2 Å². The van der Waals surface area contributed by atoms with Gasteiger partial charge in [-0.3, -0.25) is 0 Å².